The zero-order valence-electron chi connectivity index (χ0n) is 10.5. The fourth-order valence-electron chi connectivity index (χ4n) is 1.98. The summed E-state index contributed by atoms with van der Waals surface area (Å²) in [4.78, 5) is 0. The number of aromatic nitrogens is 2. The van der Waals surface area contributed by atoms with Gasteiger partial charge in [-0.2, -0.15) is 5.10 Å². The van der Waals surface area contributed by atoms with Crippen LogP contribution in [0, 0.1) is 0 Å². The van der Waals surface area contributed by atoms with Crippen LogP contribution in [-0.4, -0.2) is 9.78 Å². The average molecular weight is 329 g/mol. The Labute approximate surface area is 120 Å². The summed E-state index contributed by atoms with van der Waals surface area (Å²) in [6.45, 7) is 4.23. The van der Waals surface area contributed by atoms with E-state index in [9.17, 15) is 0 Å². The summed E-state index contributed by atoms with van der Waals surface area (Å²) in [6, 6.07) is 5.78. The van der Waals surface area contributed by atoms with E-state index in [-0.39, 0.29) is 0 Å². The number of nitrogens with two attached hydrogens (primary N) is 1. The van der Waals surface area contributed by atoms with E-state index in [0.29, 0.717) is 16.8 Å². The van der Waals surface area contributed by atoms with Gasteiger partial charge in [-0.25, -0.2) is 0 Å². The number of nitrogen functional groups attached to an aromatic ring is 1. The summed E-state index contributed by atoms with van der Waals surface area (Å²) in [7, 11) is 1.86. The fraction of sp³-hybridized carbons (Fsp3) is 0.308. The molecule has 2 aromatic rings. The molecule has 0 atom stereocenters. The number of rotatable bonds is 2. The first-order chi connectivity index (χ1) is 8.41. The molecule has 2 rings (SSSR count). The smallest absolute Gasteiger partial charge is 0.125 e. The molecule has 0 spiro atoms. The molecule has 18 heavy (non-hydrogen) atoms. The van der Waals surface area contributed by atoms with Crippen LogP contribution >= 0.6 is 27.5 Å². The van der Waals surface area contributed by atoms with Crippen LogP contribution in [0.1, 0.15) is 25.3 Å². The van der Waals surface area contributed by atoms with Gasteiger partial charge < -0.3 is 5.73 Å². The third-order valence-electron chi connectivity index (χ3n) is 2.90. The van der Waals surface area contributed by atoms with Crippen molar-refractivity contribution in [2.24, 2.45) is 7.05 Å². The lowest BCUT2D eigenvalue weighted by molar-refractivity contribution is 0.780. The van der Waals surface area contributed by atoms with E-state index in [2.05, 4.69) is 34.9 Å². The second kappa shape index (κ2) is 4.94. The van der Waals surface area contributed by atoms with Crippen LogP contribution in [0.25, 0.3) is 11.3 Å². The second-order valence-corrected chi connectivity index (χ2v) is 5.82. The van der Waals surface area contributed by atoms with Crippen molar-refractivity contribution < 1.29 is 0 Å². The molecular weight excluding hydrogens is 314 g/mol. The molecule has 2 N–H and O–H groups in total. The topological polar surface area (TPSA) is 43.8 Å². The molecule has 0 bridgehead atoms. The average Bonchev–Trinajstić information content (AvgIpc) is 2.59. The minimum Gasteiger partial charge on any atom is -0.384 e. The molecule has 3 nitrogen and oxygen atoms in total. The molecule has 0 aliphatic heterocycles. The first-order valence-corrected chi connectivity index (χ1v) is 6.86. The van der Waals surface area contributed by atoms with Gasteiger partial charge in [0.1, 0.15) is 5.82 Å². The monoisotopic (exact) mass is 327 g/mol. The maximum atomic E-state index is 6.07. The van der Waals surface area contributed by atoms with Gasteiger partial charge in [-0.3, -0.25) is 4.68 Å². The van der Waals surface area contributed by atoms with Gasteiger partial charge in [-0.1, -0.05) is 31.5 Å². The summed E-state index contributed by atoms with van der Waals surface area (Å²) in [5.74, 6) is 1.04. The van der Waals surface area contributed by atoms with Gasteiger partial charge in [0.2, 0.25) is 0 Å². The van der Waals surface area contributed by atoms with Crippen LogP contribution in [0.15, 0.2) is 22.7 Å². The maximum Gasteiger partial charge on any atom is 0.125 e. The highest BCUT2D eigenvalue weighted by atomic mass is 79.9. The fourth-order valence-corrected chi connectivity index (χ4v) is 2.48. The van der Waals surface area contributed by atoms with Gasteiger partial charge in [0.05, 0.1) is 10.7 Å². The van der Waals surface area contributed by atoms with Gasteiger partial charge in [0.25, 0.3) is 0 Å². The maximum absolute atomic E-state index is 6.07. The van der Waals surface area contributed by atoms with Crippen molar-refractivity contribution in [1.29, 1.82) is 0 Å². The Morgan fingerprint density at radius 1 is 1.39 bits per heavy atom. The lowest BCUT2D eigenvalue weighted by Crippen LogP contribution is -2.00. The van der Waals surface area contributed by atoms with Crippen molar-refractivity contribution in [1.82, 2.24) is 9.78 Å². The Kier molecular flexibility index (Phi) is 3.69. The zero-order valence-corrected chi connectivity index (χ0v) is 12.9. The highest BCUT2D eigenvalue weighted by Crippen LogP contribution is 2.35. The van der Waals surface area contributed by atoms with Gasteiger partial charge >= 0.3 is 0 Å². The molecule has 1 heterocycles. The summed E-state index contributed by atoms with van der Waals surface area (Å²) in [5, 5.41) is 5.19. The Morgan fingerprint density at radius 2 is 2.06 bits per heavy atom. The van der Waals surface area contributed by atoms with Crippen molar-refractivity contribution in [2.45, 2.75) is 19.8 Å². The molecule has 0 fully saturated rings. The Hall–Kier alpha value is -1.00. The summed E-state index contributed by atoms with van der Waals surface area (Å²) in [5.41, 5.74) is 9.08. The van der Waals surface area contributed by atoms with Crippen LogP contribution in [-0.2, 0) is 7.05 Å². The van der Waals surface area contributed by atoms with Crippen LogP contribution in [0.5, 0.6) is 0 Å². The summed E-state index contributed by atoms with van der Waals surface area (Å²) in [6.07, 6.45) is 0. The molecule has 0 radical (unpaired) electrons. The van der Waals surface area contributed by atoms with Crippen LogP contribution in [0.4, 0.5) is 5.82 Å². The molecule has 1 aromatic heterocycles. The number of anilines is 1. The van der Waals surface area contributed by atoms with E-state index < -0.39 is 0 Å². The van der Waals surface area contributed by atoms with E-state index >= 15 is 0 Å². The minimum absolute atomic E-state index is 0.322. The van der Waals surface area contributed by atoms with Crippen molar-refractivity contribution in [3.63, 3.8) is 0 Å². The number of hydrogen-bond acceptors (Lipinski definition) is 2. The number of aryl methyl sites for hydroxylation is 1. The van der Waals surface area contributed by atoms with Crippen molar-refractivity contribution in [3.05, 3.63) is 33.3 Å². The quantitative estimate of drug-likeness (QED) is 0.897. The van der Waals surface area contributed by atoms with Gasteiger partial charge in [0, 0.05) is 22.6 Å². The molecule has 0 aliphatic rings. The van der Waals surface area contributed by atoms with Gasteiger partial charge in [0.15, 0.2) is 0 Å². The third kappa shape index (κ3) is 2.27. The molecule has 96 valence electrons. The largest absolute Gasteiger partial charge is 0.384 e. The Morgan fingerprint density at radius 3 is 2.61 bits per heavy atom. The van der Waals surface area contributed by atoms with Crippen molar-refractivity contribution in [3.8, 4) is 11.3 Å². The SMILES string of the molecule is CC(C)c1c(-c2ccc(Cl)c(Br)c2)nn(C)c1N. The summed E-state index contributed by atoms with van der Waals surface area (Å²) < 4.78 is 2.58. The highest BCUT2D eigenvalue weighted by molar-refractivity contribution is 9.10. The molecule has 0 aliphatic carbocycles. The van der Waals surface area contributed by atoms with Crippen LogP contribution in [0.3, 0.4) is 0 Å². The van der Waals surface area contributed by atoms with Gasteiger partial charge in [-0.05, 0) is 34.0 Å². The van der Waals surface area contributed by atoms with E-state index in [0.717, 1.165) is 21.3 Å². The molecule has 0 saturated heterocycles. The lowest BCUT2D eigenvalue weighted by atomic mass is 9.99. The number of nitrogens with zero attached hydrogens (tertiary/aromatic N) is 2. The summed E-state index contributed by atoms with van der Waals surface area (Å²) >= 11 is 9.44. The standard InChI is InChI=1S/C13H15BrClN3/c1-7(2)11-12(17-18(3)13(11)16)8-4-5-10(15)9(14)6-8/h4-7H,16H2,1-3H3. The Balaban J connectivity index is 2.63. The molecule has 1 aromatic carbocycles. The van der Waals surface area contributed by atoms with Crippen molar-refractivity contribution in [2.75, 3.05) is 5.73 Å². The van der Waals surface area contributed by atoms with E-state index in [1.165, 1.54) is 0 Å². The predicted octanol–water partition coefficient (Wildman–Crippen LogP) is 4.21. The van der Waals surface area contributed by atoms with Gasteiger partial charge in [-0.15, -0.1) is 0 Å². The van der Waals surface area contributed by atoms with E-state index in [1.807, 2.05) is 25.2 Å². The number of benzene rings is 1. The number of hydrogen-bond donors (Lipinski definition) is 1. The molecule has 0 saturated carbocycles. The van der Waals surface area contributed by atoms with Crippen molar-refractivity contribution >= 4 is 33.3 Å². The normalized spacial score (nSPS) is 11.2. The third-order valence-corrected chi connectivity index (χ3v) is 4.11. The molecule has 0 unspecified atom stereocenters. The molecule has 0 amide bonds. The van der Waals surface area contributed by atoms with Crippen LogP contribution in [0.2, 0.25) is 5.02 Å². The van der Waals surface area contributed by atoms with Crippen LogP contribution < -0.4 is 5.73 Å². The highest BCUT2D eigenvalue weighted by Gasteiger charge is 2.18. The second-order valence-electron chi connectivity index (χ2n) is 4.55. The Bertz CT molecular complexity index is 590. The first kappa shape index (κ1) is 13.4. The zero-order chi connectivity index (χ0) is 13.4. The van der Waals surface area contributed by atoms with E-state index in [4.69, 9.17) is 17.3 Å². The van der Waals surface area contributed by atoms with E-state index in [1.54, 1.807) is 4.68 Å². The first-order valence-electron chi connectivity index (χ1n) is 5.69. The molecule has 5 heteroatoms. The minimum atomic E-state index is 0.322. The molecular formula is C13H15BrClN3. The number of halogens is 2. The predicted molar refractivity (Wildman–Crippen MR) is 79.9 cm³/mol. The lowest BCUT2D eigenvalue weighted by Gasteiger charge is -2.08.